The lowest BCUT2D eigenvalue weighted by Crippen LogP contribution is -2.53. The van der Waals surface area contributed by atoms with Gasteiger partial charge in [-0.15, -0.1) is 0 Å². The van der Waals surface area contributed by atoms with Crippen LogP contribution in [0.15, 0.2) is 61.3 Å². The smallest absolute Gasteiger partial charge is 0.226 e. The Hall–Kier alpha value is -2.99. The molecular weight excluding hydrogens is 412 g/mol. The molecule has 2 bridgehead atoms. The molecule has 3 saturated carbocycles. The zero-order valence-electron chi connectivity index (χ0n) is 18.8. The van der Waals surface area contributed by atoms with Crippen LogP contribution in [0.1, 0.15) is 62.1 Å². The largest absolute Gasteiger partial charge is 0.392 e. The molecule has 4 aliphatic rings. The first kappa shape index (κ1) is 20.6. The fourth-order valence-electron chi connectivity index (χ4n) is 6.56. The van der Waals surface area contributed by atoms with Crippen LogP contribution in [0.25, 0.3) is 11.3 Å². The molecule has 33 heavy (non-hydrogen) atoms. The number of aromatic nitrogens is 3. The number of nitrogens with one attached hydrogen (secondary N) is 1. The average molecular weight is 443 g/mol. The molecule has 2 N–H and O–H groups in total. The van der Waals surface area contributed by atoms with E-state index in [4.69, 9.17) is 0 Å². The van der Waals surface area contributed by atoms with Crippen LogP contribution in [-0.2, 0) is 11.3 Å². The highest BCUT2D eigenvalue weighted by Gasteiger charge is 2.55. The van der Waals surface area contributed by atoms with Crippen molar-refractivity contribution in [3.05, 3.63) is 72.4 Å². The molecule has 0 saturated heterocycles. The third-order valence-corrected chi connectivity index (χ3v) is 8.71. The zero-order chi connectivity index (χ0) is 22.5. The van der Waals surface area contributed by atoms with Crippen molar-refractivity contribution in [1.82, 2.24) is 19.9 Å². The lowest BCUT2D eigenvalue weighted by atomic mass is 9.51. The molecule has 3 aromatic rings. The van der Waals surface area contributed by atoms with Crippen molar-refractivity contribution in [2.24, 2.45) is 10.8 Å². The first-order valence-electron chi connectivity index (χ1n) is 12.1. The Kier molecular flexibility index (Phi) is 4.87. The Morgan fingerprint density at radius 2 is 1.85 bits per heavy atom. The number of hydrogen-bond donors (Lipinski definition) is 2. The van der Waals surface area contributed by atoms with Crippen molar-refractivity contribution in [3.8, 4) is 11.3 Å². The zero-order valence-corrected chi connectivity index (χ0v) is 18.8. The van der Waals surface area contributed by atoms with E-state index in [9.17, 15) is 9.90 Å². The summed E-state index contributed by atoms with van der Waals surface area (Å²) in [4.78, 5) is 21.6. The topological polar surface area (TPSA) is 80.0 Å². The summed E-state index contributed by atoms with van der Waals surface area (Å²) in [7, 11) is 0. The number of fused-ring (bicyclic) bond motifs is 6. The molecule has 2 atom stereocenters. The number of pyridine rings is 1. The lowest BCUT2D eigenvalue weighted by Gasteiger charge is -2.54. The van der Waals surface area contributed by atoms with E-state index in [1.165, 1.54) is 11.1 Å². The van der Waals surface area contributed by atoms with Gasteiger partial charge in [0.25, 0.3) is 0 Å². The summed E-state index contributed by atoms with van der Waals surface area (Å²) in [5, 5.41) is 14.7. The maximum Gasteiger partial charge on any atom is 0.226 e. The molecule has 1 amide bonds. The third-order valence-electron chi connectivity index (χ3n) is 8.71. The van der Waals surface area contributed by atoms with Crippen LogP contribution in [0.3, 0.4) is 0 Å². The predicted octanol–water partition coefficient (Wildman–Crippen LogP) is 4.26. The average Bonchev–Trinajstić information content (AvgIpc) is 3.47. The summed E-state index contributed by atoms with van der Waals surface area (Å²) in [5.41, 5.74) is 4.30. The van der Waals surface area contributed by atoms with Crippen molar-refractivity contribution in [1.29, 1.82) is 0 Å². The highest BCUT2D eigenvalue weighted by Crippen LogP contribution is 2.59. The molecular formula is C27H30N4O2. The molecule has 3 aliphatic carbocycles. The Bertz CT molecular complexity index is 1150. The molecule has 1 aliphatic heterocycles. The molecule has 6 heteroatoms. The van der Waals surface area contributed by atoms with Crippen LogP contribution >= 0.6 is 0 Å². The Labute approximate surface area is 194 Å². The quantitative estimate of drug-likeness (QED) is 0.598. The van der Waals surface area contributed by atoms with Crippen LogP contribution in [0.4, 0.5) is 0 Å². The van der Waals surface area contributed by atoms with Gasteiger partial charge in [-0.3, -0.25) is 9.78 Å². The first-order chi connectivity index (χ1) is 16.1. The highest BCUT2D eigenvalue weighted by atomic mass is 16.3. The first-order valence-corrected chi connectivity index (χ1v) is 12.1. The molecule has 6 nitrogen and oxygen atoms in total. The van der Waals surface area contributed by atoms with Gasteiger partial charge in [-0.05, 0) is 67.6 Å². The van der Waals surface area contributed by atoms with Gasteiger partial charge in [0, 0.05) is 29.9 Å². The number of aliphatic hydroxyl groups is 1. The highest BCUT2D eigenvalue weighted by molar-refractivity contribution is 5.83. The summed E-state index contributed by atoms with van der Waals surface area (Å²) in [5.74, 6) is 0.168. The van der Waals surface area contributed by atoms with E-state index in [0.717, 1.165) is 49.8 Å². The van der Waals surface area contributed by atoms with Crippen molar-refractivity contribution in [3.63, 3.8) is 0 Å². The van der Waals surface area contributed by atoms with Crippen LogP contribution in [0.2, 0.25) is 0 Å². The molecule has 2 aromatic heterocycles. The summed E-state index contributed by atoms with van der Waals surface area (Å²) in [6, 6.07) is 12.5. The molecule has 170 valence electrons. The molecule has 3 fully saturated rings. The van der Waals surface area contributed by atoms with Gasteiger partial charge in [0.05, 0.1) is 30.4 Å². The second-order valence-corrected chi connectivity index (χ2v) is 10.2. The molecule has 1 aromatic carbocycles. The van der Waals surface area contributed by atoms with Gasteiger partial charge < -0.3 is 15.0 Å². The third kappa shape index (κ3) is 3.31. The number of benzene rings is 1. The maximum atomic E-state index is 13.1. The van der Waals surface area contributed by atoms with Crippen molar-refractivity contribution < 1.29 is 9.90 Å². The van der Waals surface area contributed by atoms with Gasteiger partial charge in [0.2, 0.25) is 5.91 Å². The van der Waals surface area contributed by atoms with Crippen molar-refractivity contribution >= 4 is 5.91 Å². The Morgan fingerprint density at radius 3 is 2.61 bits per heavy atom. The number of amides is 1. The van der Waals surface area contributed by atoms with E-state index in [2.05, 4.69) is 44.1 Å². The van der Waals surface area contributed by atoms with Crippen molar-refractivity contribution in [2.75, 3.05) is 0 Å². The number of carbonyl (C=O) groups excluding carboxylic acids is 1. The second kappa shape index (κ2) is 7.80. The number of carbonyl (C=O) groups is 1. The fourth-order valence-corrected chi connectivity index (χ4v) is 6.56. The summed E-state index contributed by atoms with van der Waals surface area (Å²) in [6.45, 7) is 0.524. The lowest BCUT2D eigenvalue weighted by molar-refractivity contribution is -0.148. The number of nitrogens with zero attached hydrogens (tertiary/aromatic N) is 3. The molecule has 7 rings (SSSR count). The normalized spacial score (nSPS) is 28.2. The number of imidazole rings is 1. The van der Waals surface area contributed by atoms with Crippen LogP contribution in [0, 0.1) is 10.8 Å². The van der Waals surface area contributed by atoms with Crippen LogP contribution in [-0.4, -0.2) is 31.7 Å². The number of hydrogen-bond acceptors (Lipinski definition) is 4. The summed E-state index contributed by atoms with van der Waals surface area (Å²) in [6.07, 6.45) is 13.0. The molecule has 0 radical (unpaired) electrons. The van der Waals surface area contributed by atoms with Gasteiger partial charge in [-0.2, -0.15) is 0 Å². The number of rotatable bonds is 6. The Morgan fingerprint density at radius 1 is 1.06 bits per heavy atom. The maximum absolute atomic E-state index is 13.1. The van der Waals surface area contributed by atoms with E-state index in [0.29, 0.717) is 13.0 Å². The SMILES string of the molecule is O=C(NCc1cccnc1)C12CCC(C(O)CC3c4ccccc4-c4cncn43)(CC1)CC2. The number of aliphatic hydroxyl groups excluding tert-OH is 1. The Balaban J connectivity index is 1.14. The van der Waals surface area contributed by atoms with Gasteiger partial charge in [-0.25, -0.2) is 4.98 Å². The van der Waals surface area contributed by atoms with E-state index in [-0.39, 0.29) is 28.9 Å². The van der Waals surface area contributed by atoms with Gasteiger partial charge in [0.1, 0.15) is 0 Å². The molecule has 3 heterocycles. The minimum atomic E-state index is -0.388. The minimum absolute atomic E-state index is 0.0797. The van der Waals surface area contributed by atoms with E-state index >= 15 is 0 Å². The second-order valence-electron chi connectivity index (χ2n) is 10.2. The standard InChI is InChI=1S/C27H30N4O2/c32-24(14-22-20-5-1-2-6-21(20)23-17-29-18-31(22)23)26-7-10-27(11-8-26,12-9-26)25(33)30-16-19-4-3-13-28-15-19/h1-6,13,15,17-18,22,24,32H,7-12,14,16H2,(H,30,33). The van der Waals surface area contributed by atoms with Crippen molar-refractivity contribution in [2.45, 2.75) is 63.6 Å². The monoisotopic (exact) mass is 442 g/mol. The van der Waals surface area contributed by atoms with E-state index in [1.54, 1.807) is 12.4 Å². The van der Waals surface area contributed by atoms with Gasteiger partial charge >= 0.3 is 0 Å². The van der Waals surface area contributed by atoms with Crippen LogP contribution < -0.4 is 5.32 Å². The molecule has 2 unspecified atom stereocenters. The summed E-state index contributed by atoms with van der Waals surface area (Å²) < 4.78 is 2.21. The predicted molar refractivity (Wildman–Crippen MR) is 125 cm³/mol. The van der Waals surface area contributed by atoms with E-state index in [1.807, 2.05) is 24.7 Å². The molecule has 0 spiro atoms. The van der Waals surface area contributed by atoms with E-state index < -0.39 is 0 Å². The van der Waals surface area contributed by atoms with Crippen LogP contribution in [0.5, 0.6) is 0 Å². The van der Waals surface area contributed by atoms with Gasteiger partial charge in [0.15, 0.2) is 0 Å². The van der Waals surface area contributed by atoms with Gasteiger partial charge in [-0.1, -0.05) is 30.3 Å². The fraction of sp³-hybridized carbons (Fsp3) is 0.444. The minimum Gasteiger partial charge on any atom is -0.392 e. The summed E-state index contributed by atoms with van der Waals surface area (Å²) >= 11 is 0.